The molecule has 0 fully saturated rings. The van der Waals surface area contributed by atoms with Gasteiger partial charge in [0.2, 0.25) is 0 Å². The molecule has 0 N–H and O–H groups in total. The van der Waals surface area contributed by atoms with Crippen LogP contribution >= 0.6 is 0 Å². The second-order valence-electron chi connectivity index (χ2n) is 3.05. The van der Waals surface area contributed by atoms with Crippen LogP contribution in [0.3, 0.4) is 0 Å². The van der Waals surface area contributed by atoms with E-state index in [4.69, 9.17) is 0 Å². The lowest BCUT2D eigenvalue weighted by atomic mass is 10.6. The lowest BCUT2D eigenvalue weighted by Crippen LogP contribution is -2.59. The third kappa shape index (κ3) is 3.33. The summed E-state index contributed by atoms with van der Waals surface area (Å²) in [6.07, 6.45) is -14.5. The molecule has 0 radical (unpaired) electrons. The van der Waals surface area contributed by atoms with Gasteiger partial charge < -0.3 is 0 Å². The van der Waals surface area contributed by atoms with Gasteiger partial charge in [0.05, 0.1) is 0 Å². The van der Waals surface area contributed by atoms with Crippen molar-refractivity contribution in [1.29, 1.82) is 0 Å². The first kappa shape index (κ1) is 20.2. The van der Waals surface area contributed by atoms with Gasteiger partial charge in [-0.05, 0) is 0 Å². The Morgan fingerprint density at radius 2 is 0.762 bits per heavy atom. The van der Waals surface area contributed by atoms with Crippen molar-refractivity contribution >= 4 is 20.4 Å². The second-order valence-corrected chi connectivity index (χ2v) is 5.85. The summed E-state index contributed by atoms with van der Waals surface area (Å²) in [5.74, 6) is 0. The molecule has 17 heteroatoms. The van der Waals surface area contributed by atoms with E-state index in [1.54, 1.807) is 4.74 Å². The lowest BCUT2D eigenvalue weighted by molar-refractivity contribution is -0.379. The average Bonchev–Trinajstić information content (AvgIpc) is 2.09. The summed E-state index contributed by atoms with van der Waals surface area (Å²) in [7, 11) is -15.7. The second kappa shape index (κ2) is 4.83. The van der Waals surface area contributed by atoms with Gasteiger partial charge in [-0.3, -0.25) is 4.74 Å². The topological polar surface area (TPSA) is 77.5 Å². The number of ether oxygens (including phenoxy) is 1. The molecule has 0 aliphatic rings. The van der Waals surface area contributed by atoms with Crippen molar-refractivity contribution < 1.29 is 64.5 Å². The Balaban J connectivity index is 6.43. The van der Waals surface area contributed by atoms with Gasteiger partial charge in [-0.1, -0.05) is 7.77 Å². The predicted molar refractivity (Wildman–Crippen MR) is 40.9 cm³/mol. The van der Waals surface area contributed by atoms with Gasteiger partial charge in [0.15, 0.2) is 0 Å². The number of alkyl halides is 8. The fraction of sp³-hybridized carbons (Fsp3) is 1.00. The molecule has 0 heterocycles. The molecule has 128 valence electrons. The van der Waals surface area contributed by atoms with Crippen molar-refractivity contribution in [2.45, 2.75) is 22.7 Å². The highest BCUT2D eigenvalue weighted by Crippen LogP contribution is 2.50. The van der Waals surface area contributed by atoms with E-state index in [2.05, 4.69) is 0 Å². The van der Waals surface area contributed by atoms with Crippen LogP contribution in [0.4, 0.5) is 42.9 Å². The number of halogens is 10. The first-order valence-corrected chi connectivity index (χ1v) is 6.57. The van der Waals surface area contributed by atoms with Crippen LogP contribution in [-0.2, 0) is 25.2 Å². The summed E-state index contributed by atoms with van der Waals surface area (Å²) in [4.78, 5) is 0. The lowest BCUT2D eigenvalue weighted by Gasteiger charge is -2.31. The first-order valence-electron chi connectivity index (χ1n) is 3.80. The van der Waals surface area contributed by atoms with Crippen molar-refractivity contribution in [3.63, 3.8) is 0 Å². The third-order valence-electron chi connectivity index (χ3n) is 1.57. The normalized spacial score (nSPS) is 20.7. The van der Waals surface area contributed by atoms with Gasteiger partial charge in [-0.25, -0.2) is 0 Å². The number of hydrogen-bond donors (Lipinski definition) is 0. The van der Waals surface area contributed by atoms with E-state index in [0.29, 0.717) is 0 Å². The number of rotatable bonds is 4. The molecule has 0 aliphatic heterocycles. The van der Waals surface area contributed by atoms with Gasteiger partial charge in [-0.2, -0.15) is 52.0 Å². The molecule has 0 rings (SSSR count). The zero-order valence-corrected chi connectivity index (χ0v) is 10.3. The summed E-state index contributed by atoms with van der Waals surface area (Å²) in [5.41, 5.74) is 0. The van der Waals surface area contributed by atoms with Crippen LogP contribution in [0.15, 0.2) is 0 Å². The summed E-state index contributed by atoms with van der Waals surface area (Å²) >= 11 is 0. The highest BCUT2D eigenvalue weighted by atomic mass is 32.3. The zero-order valence-electron chi connectivity index (χ0n) is 8.64. The molecular formula is C4F10O5S2. The van der Waals surface area contributed by atoms with Crippen molar-refractivity contribution in [2.75, 3.05) is 0 Å². The van der Waals surface area contributed by atoms with Crippen LogP contribution in [0.25, 0.3) is 0 Å². The highest BCUT2D eigenvalue weighted by Gasteiger charge is 2.79. The average molecular weight is 382 g/mol. The molecule has 0 bridgehead atoms. The SMILES string of the molecule is O=S(=O)(F)C(F)(OC(F)(C(F)(F)F)S(=O)(=O)F)C(F)(F)F. The summed E-state index contributed by atoms with van der Waals surface area (Å²) in [6.45, 7) is 0. The van der Waals surface area contributed by atoms with E-state index in [0.717, 1.165) is 0 Å². The van der Waals surface area contributed by atoms with Gasteiger partial charge in [-0.15, -0.1) is 0 Å². The van der Waals surface area contributed by atoms with Gasteiger partial charge >= 0.3 is 43.2 Å². The molecule has 0 aromatic carbocycles. The van der Waals surface area contributed by atoms with Crippen molar-refractivity contribution in [3.05, 3.63) is 0 Å². The van der Waals surface area contributed by atoms with Crippen LogP contribution in [-0.4, -0.2) is 39.6 Å². The Morgan fingerprint density at radius 1 is 0.571 bits per heavy atom. The minimum Gasteiger partial charge on any atom is -0.265 e. The molecule has 0 saturated heterocycles. The maximum atomic E-state index is 12.9. The molecule has 2 atom stereocenters. The first-order chi connectivity index (χ1) is 8.71. The Morgan fingerprint density at radius 3 is 0.857 bits per heavy atom. The Bertz CT molecular complexity index is 548. The molecule has 0 aromatic heterocycles. The molecule has 0 aromatic rings. The Hall–Kier alpha value is -0.840. The Labute approximate surface area is 108 Å². The van der Waals surface area contributed by atoms with E-state index >= 15 is 0 Å². The third-order valence-corrected chi connectivity index (χ3v) is 3.45. The fourth-order valence-corrected chi connectivity index (χ4v) is 1.69. The van der Waals surface area contributed by atoms with Crippen molar-refractivity contribution in [2.24, 2.45) is 0 Å². The summed E-state index contributed by atoms with van der Waals surface area (Å²) < 4.78 is 163. The fourth-order valence-electron chi connectivity index (χ4n) is 0.661. The van der Waals surface area contributed by atoms with Gasteiger partial charge in [0.1, 0.15) is 0 Å². The van der Waals surface area contributed by atoms with E-state index in [-0.39, 0.29) is 0 Å². The van der Waals surface area contributed by atoms with E-state index in [1.165, 1.54) is 0 Å². The molecule has 5 nitrogen and oxygen atoms in total. The molecule has 0 spiro atoms. The maximum absolute atomic E-state index is 12.9. The summed E-state index contributed by atoms with van der Waals surface area (Å²) in [5, 5.41) is -14.3. The van der Waals surface area contributed by atoms with E-state index < -0.39 is 43.2 Å². The minimum absolute atomic E-state index is 1.57. The standard InChI is InChI=1S/C4F10O5S2/c5-1(6,7)3(11,20(13,15)16)19-4(12,2(8,9)10)21(14,17)18. The number of hydrogen-bond acceptors (Lipinski definition) is 5. The van der Waals surface area contributed by atoms with Crippen LogP contribution in [0.2, 0.25) is 0 Å². The van der Waals surface area contributed by atoms with E-state index in [9.17, 15) is 59.7 Å². The van der Waals surface area contributed by atoms with E-state index in [1.807, 2.05) is 0 Å². The van der Waals surface area contributed by atoms with Crippen LogP contribution in [0, 0.1) is 0 Å². The quantitative estimate of drug-likeness (QED) is 0.549. The smallest absolute Gasteiger partial charge is 0.265 e. The molecule has 0 saturated carbocycles. The molecule has 2 unspecified atom stereocenters. The summed E-state index contributed by atoms with van der Waals surface area (Å²) in [6, 6.07) is 0. The van der Waals surface area contributed by atoms with Crippen LogP contribution in [0.5, 0.6) is 0 Å². The van der Waals surface area contributed by atoms with Crippen LogP contribution in [0.1, 0.15) is 0 Å². The molecule has 21 heavy (non-hydrogen) atoms. The minimum atomic E-state index is -7.86. The van der Waals surface area contributed by atoms with Crippen LogP contribution < -0.4 is 0 Å². The largest absolute Gasteiger partial charge is 0.467 e. The van der Waals surface area contributed by atoms with Gasteiger partial charge in [0, 0.05) is 0 Å². The highest BCUT2D eigenvalue weighted by molar-refractivity contribution is 7.88. The molecular weight excluding hydrogens is 382 g/mol. The predicted octanol–water partition coefficient (Wildman–Crippen LogP) is 1.97. The molecule has 0 amide bonds. The van der Waals surface area contributed by atoms with Gasteiger partial charge in [0.25, 0.3) is 0 Å². The van der Waals surface area contributed by atoms with Crippen molar-refractivity contribution in [3.8, 4) is 0 Å². The van der Waals surface area contributed by atoms with Crippen molar-refractivity contribution in [1.82, 2.24) is 0 Å². The zero-order chi connectivity index (χ0) is 17.7. The monoisotopic (exact) mass is 382 g/mol. The maximum Gasteiger partial charge on any atom is 0.467 e. The molecule has 0 aliphatic carbocycles. The Kier molecular flexibility index (Phi) is 4.64.